The number of fused-ring (bicyclic) bond motifs is 1. The van der Waals surface area contributed by atoms with Gasteiger partial charge >= 0.3 is 30.4 Å². The van der Waals surface area contributed by atoms with E-state index >= 15 is 0 Å². The van der Waals surface area contributed by atoms with Crippen molar-refractivity contribution >= 4 is 28.9 Å². The average Bonchev–Trinajstić information content (AvgIpc) is 3.00. The Bertz CT molecular complexity index is 1610. The van der Waals surface area contributed by atoms with E-state index in [0.29, 0.717) is 36.7 Å². The van der Waals surface area contributed by atoms with Gasteiger partial charge in [-0.15, -0.1) is 0 Å². The van der Waals surface area contributed by atoms with Crippen molar-refractivity contribution < 1.29 is 65.5 Å². The number of methoxy groups -OCH3 is 1. The topological polar surface area (TPSA) is 183 Å². The molecule has 48 heavy (non-hydrogen) atoms. The van der Waals surface area contributed by atoms with Gasteiger partial charge in [0.05, 0.1) is 18.3 Å². The van der Waals surface area contributed by atoms with Crippen molar-refractivity contribution in [2.45, 2.75) is 45.5 Å². The standard InChI is InChI=1S/C25H30N4O5.2C2HF3O2/c1-16(2)28-6-8-29(9-7-28)25(32)34-13-17-4-5-20(19(10-17)14-33-3)18-11-21-23(22(30)12-18)26-15-27-24(21)31;2*3-2(4,5)1(6)7/h4-5,10-12,15-16,30H,6-9,13-14H2,1-3H3,(H,26,27,31);2*(H,6,7). The van der Waals surface area contributed by atoms with Crippen molar-refractivity contribution in [1.82, 2.24) is 19.8 Å². The number of carbonyl (C=O) groups is 3. The van der Waals surface area contributed by atoms with Crippen LogP contribution in [0.15, 0.2) is 41.5 Å². The first-order chi connectivity index (χ1) is 22.3. The van der Waals surface area contributed by atoms with Crippen molar-refractivity contribution in [1.29, 1.82) is 0 Å². The zero-order valence-corrected chi connectivity index (χ0v) is 25.7. The number of carboxylic acids is 2. The molecule has 1 amide bonds. The van der Waals surface area contributed by atoms with Crippen molar-refractivity contribution in [3.63, 3.8) is 0 Å². The van der Waals surface area contributed by atoms with Crippen LogP contribution in [0.25, 0.3) is 22.0 Å². The van der Waals surface area contributed by atoms with Crippen LogP contribution in [-0.2, 0) is 32.3 Å². The molecular formula is C29H32F6N4O9. The van der Waals surface area contributed by atoms with Gasteiger partial charge in [0, 0.05) is 39.3 Å². The fourth-order valence-electron chi connectivity index (χ4n) is 4.27. The van der Waals surface area contributed by atoms with E-state index in [1.54, 1.807) is 24.1 Å². The third kappa shape index (κ3) is 11.4. The molecule has 1 saturated heterocycles. The molecule has 4 rings (SSSR count). The molecule has 0 bridgehead atoms. The maximum atomic E-state index is 12.5. The number of nitrogens with one attached hydrogen (secondary N) is 1. The molecule has 0 spiro atoms. The van der Waals surface area contributed by atoms with E-state index in [9.17, 15) is 41.0 Å². The smallest absolute Gasteiger partial charge is 0.490 e. The fourth-order valence-corrected chi connectivity index (χ4v) is 4.27. The van der Waals surface area contributed by atoms with Crippen LogP contribution in [0.1, 0.15) is 25.0 Å². The number of amides is 1. The molecule has 2 aromatic carbocycles. The van der Waals surface area contributed by atoms with Gasteiger partial charge in [-0.05, 0) is 54.3 Å². The lowest BCUT2D eigenvalue weighted by Crippen LogP contribution is -2.50. The number of aromatic hydroxyl groups is 1. The molecule has 0 aliphatic carbocycles. The van der Waals surface area contributed by atoms with E-state index in [1.165, 1.54) is 6.33 Å². The van der Waals surface area contributed by atoms with Crippen molar-refractivity contribution in [2.75, 3.05) is 33.3 Å². The molecular weight excluding hydrogens is 662 g/mol. The fraction of sp³-hybridized carbons (Fsp3) is 0.414. The van der Waals surface area contributed by atoms with Gasteiger partial charge in [0.25, 0.3) is 5.56 Å². The number of ether oxygens (including phenoxy) is 2. The number of rotatable bonds is 6. The molecule has 1 aliphatic heterocycles. The number of aromatic amines is 1. The second-order valence-electron chi connectivity index (χ2n) is 10.3. The van der Waals surface area contributed by atoms with E-state index in [4.69, 9.17) is 29.3 Å². The third-order valence-corrected chi connectivity index (χ3v) is 6.65. The second-order valence-corrected chi connectivity index (χ2v) is 10.3. The Balaban J connectivity index is 0.000000479. The maximum absolute atomic E-state index is 12.5. The second kappa shape index (κ2) is 16.8. The van der Waals surface area contributed by atoms with Gasteiger partial charge in [0.15, 0.2) is 0 Å². The van der Waals surface area contributed by atoms with Crippen LogP contribution in [-0.4, -0.2) is 105 Å². The zero-order valence-electron chi connectivity index (χ0n) is 25.7. The monoisotopic (exact) mass is 694 g/mol. The predicted octanol–water partition coefficient (Wildman–Crippen LogP) is 4.37. The van der Waals surface area contributed by atoms with E-state index in [-0.39, 0.29) is 29.5 Å². The molecule has 3 aromatic rings. The summed E-state index contributed by atoms with van der Waals surface area (Å²) in [7, 11) is 1.60. The molecule has 0 saturated carbocycles. The van der Waals surface area contributed by atoms with Crippen LogP contribution < -0.4 is 5.56 Å². The minimum atomic E-state index is -5.08. The number of aromatic nitrogens is 2. The van der Waals surface area contributed by atoms with Gasteiger partial charge in [0.1, 0.15) is 17.9 Å². The normalized spacial score (nSPS) is 13.7. The maximum Gasteiger partial charge on any atom is 0.490 e. The first kappa shape index (κ1) is 39.3. The average molecular weight is 695 g/mol. The van der Waals surface area contributed by atoms with Gasteiger partial charge < -0.3 is 34.7 Å². The molecule has 2 heterocycles. The summed E-state index contributed by atoms with van der Waals surface area (Å²) in [6, 6.07) is 9.41. The number of alkyl halides is 6. The number of aliphatic carboxylic acids is 2. The number of benzene rings is 2. The molecule has 4 N–H and O–H groups in total. The summed E-state index contributed by atoms with van der Waals surface area (Å²) in [5, 5.41) is 25.0. The Morgan fingerprint density at radius 3 is 2.00 bits per heavy atom. The summed E-state index contributed by atoms with van der Waals surface area (Å²) in [6.45, 7) is 7.78. The Morgan fingerprint density at radius 1 is 0.938 bits per heavy atom. The van der Waals surface area contributed by atoms with E-state index in [1.807, 2.05) is 18.2 Å². The number of hydrogen-bond donors (Lipinski definition) is 4. The number of halogens is 6. The molecule has 1 fully saturated rings. The molecule has 0 unspecified atom stereocenters. The molecule has 13 nitrogen and oxygen atoms in total. The number of carboxylic acid groups (broad SMARTS) is 2. The quantitative estimate of drug-likeness (QED) is 0.269. The number of hydrogen-bond acceptors (Lipinski definition) is 9. The molecule has 0 atom stereocenters. The minimum Gasteiger partial charge on any atom is -0.506 e. The number of H-pyrrole nitrogens is 1. The van der Waals surface area contributed by atoms with Crippen molar-refractivity contribution in [3.8, 4) is 16.9 Å². The van der Waals surface area contributed by atoms with Gasteiger partial charge in [-0.3, -0.25) is 9.69 Å². The Hall–Kier alpha value is -4.91. The zero-order chi connectivity index (χ0) is 36.4. The van der Waals surface area contributed by atoms with Gasteiger partial charge in [-0.25, -0.2) is 19.4 Å². The summed E-state index contributed by atoms with van der Waals surface area (Å²) < 4.78 is 74.4. The number of piperazine rings is 1. The number of carbonyl (C=O) groups excluding carboxylic acids is 1. The first-order valence-corrected chi connectivity index (χ1v) is 13.8. The van der Waals surface area contributed by atoms with Crippen LogP contribution in [0, 0.1) is 0 Å². The largest absolute Gasteiger partial charge is 0.506 e. The van der Waals surface area contributed by atoms with Crippen molar-refractivity contribution in [3.05, 3.63) is 58.1 Å². The van der Waals surface area contributed by atoms with Gasteiger partial charge in [-0.2, -0.15) is 26.3 Å². The van der Waals surface area contributed by atoms with Crippen LogP contribution >= 0.6 is 0 Å². The SMILES string of the molecule is COCc1cc(COC(=O)N2CCN(C(C)C)CC2)ccc1-c1cc(O)c2nc[nH]c(=O)c2c1.O=C(O)C(F)(F)F.O=C(O)C(F)(F)F. The van der Waals surface area contributed by atoms with Crippen LogP contribution in [0.3, 0.4) is 0 Å². The lowest BCUT2D eigenvalue weighted by atomic mass is 9.96. The number of phenolic OH excluding ortho intramolecular Hbond substituents is 1. The summed E-state index contributed by atoms with van der Waals surface area (Å²) in [5.74, 6) is -5.59. The highest BCUT2D eigenvalue weighted by molar-refractivity contribution is 5.89. The highest BCUT2D eigenvalue weighted by atomic mass is 19.4. The lowest BCUT2D eigenvalue weighted by molar-refractivity contribution is -0.193. The molecule has 19 heteroatoms. The Kier molecular flexibility index (Phi) is 13.7. The van der Waals surface area contributed by atoms with Gasteiger partial charge in [0.2, 0.25) is 0 Å². The minimum absolute atomic E-state index is 0.0717. The Morgan fingerprint density at radius 2 is 1.50 bits per heavy atom. The molecule has 264 valence electrons. The van der Waals surface area contributed by atoms with Crippen LogP contribution in [0.2, 0.25) is 0 Å². The number of phenols is 1. The third-order valence-electron chi connectivity index (χ3n) is 6.65. The van der Waals surface area contributed by atoms with E-state index in [2.05, 4.69) is 28.7 Å². The van der Waals surface area contributed by atoms with Crippen molar-refractivity contribution in [2.24, 2.45) is 0 Å². The molecule has 1 aliphatic rings. The van der Waals surface area contributed by atoms with Gasteiger partial charge in [-0.1, -0.05) is 12.1 Å². The highest BCUT2D eigenvalue weighted by Gasteiger charge is 2.39. The van der Waals surface area contributed by atoms with Crippen LogP contribution in [0.5, 0.6) is 5.75 Å². The number of nitrogens with zero attached hydrogens (tertiary/aromatic N) is 3. The molecule has 1 aromatic heterocycles. The summed E-state index contributed by atoms with van der Waals surface area (Å²) in [5.41, 5.74) is 3.08. The Labute approximate surface area is 268 Å². The summed E-state index contributed by atoms with van der Waals surface area (Å²) >= 11 is 0. The predicted molar refractivity (Wildman–Crippen MR) is 156 cm³/mol. The lowest BCUT2D eigenvalue weighted by Gasteiger charge is -2.36. The summed E-state index contributed by atoms with van der Waals surface area (Å²) in [4.78, 5) is 53.2. The van der Waals surface area contributed by atoms with E-state index in [0.717, 1.165) is 29.8 Å². The molecule has 0 radical (unpaired) electrons. The van der Waals surface area contributed by atoms with E-state index < -0.39 is 24.3 Å². The van der Waals surface area contributed by atoms with Crippen LogP contribution in [0.4, 0.5) is 31.1 Å². The highest BCUT2D eigenvalue weighted by Crippen LogP contribution is 2.32. The first-order valence-electron chi connectivity index (χ1n) is 13.8. The summed E-state index contributed by atoms with van der Waals surface area (Å²) in [6.07, 6.45) is -9.22.